The molecule has 0 aromatic rings. The van der Waals surface area contributed by atoms with Gasteiger partial charge in [0.2, 0.25) is 0 Å². The third-order valence-electron chi connectivity index (χ3n) is 1.56. The topological polar surface area (TPSA) is 38.4 Å². The lowest BCUT2D eigenvalue weighted by Crippen LogP contribution is -2.16. The maximum absolute atomic E-state index is 5.60. The van der Waals surface area contributed by atoms with Crippen LogP contribution in [0, 0.1) is 5.41 Å². The first-order chi connectivity index (χ1) is 5.25. The van der Waals surface area contributed by atoms with Crippen molar-refractivity contribution in [3.05, 3.63) is 24.4 Å². The van der Waals surface area contributed by atoms with Crippen LogP contribution in [0.1, 0.15) is 27.7 Å². The van der Waals surface area contributed by atoms with E-state index in [9.17, 15) is 0 Å². The highest BCUT2D eigenvalue weighted by atomic mass is 14.9. The number of hydrogen-bond acceptors (Lipinski definition) is 1. The van der Waals surface area contributed by atoms with E-state index in [1.54, 1.807) is 0 Å². The molecule has 0 atom stereocenters. The van der Waals surface area contributed by atoms with Gasteiger partial charge in [0, 0.05) is 11.1 Å². The van der Waals surface area contributed by atoms with Crippen molar-refractivity contribution in [1.82, 2.24) is 0 Å². The lowest BCUT2D eigenvalue weighted by Gasteiger charge is -2.18. The second-order valence-electron chi connectivity index (χ2n) is 3.97. The van der Waals surface area contributed by atoms with E-state index in [-0.39, 0.29) is 5.41 Å². The minimum absolute atomic E-state index is 0.0277. The van der Waals surface area contributed by atoms with Crippen molar-refractivity contribution < 1.29 is 0 Å². The lowest BCUT2D eigenvalue weighted by atomic mass is 9.93. The molecule has 2 N–H and O–H groups in total. The predicted octanol–water partition coefficient (Wildman–Crippen LogP) is 2.48. The second kappa shape index (κ2) is 3.57. The molecule has 0 bridgehead atoms. The average molecular weight is 166 g/mol. The first-order valence-corrected chi connectivity index (χ1v) is 3.94. The quantitative estimate of drug-likeness (QED) is 0.496. The van der Waals surface area contributed by atoms with Gasteiger partial charge < -0.3 is 5.73 Å². The fourth-order valence-corrected chi connectivity index (χ4v) is 0.409. The number of hydrogen-bond donors (Lipinski definition) is 1. The molecule has 0 aromatic heterocycles. The smallest absolute Gasteiger partial charge is 0.125 e. The minimum Gasteiger partial charge on any atom is -0.383 e. The van der Waals surface area contributed by atoms with E-state index in [2.05, 4.69) is 18.2 Å². The van der Waals surface area contributed by atoms with E-state index >= 15 is 0 Å². The van der Waals surface area contributed by atoms with E-state index < -0.39 is 0 Å². The van der Waals surface area contributed by atoms with Crippen molar-refractivity contribution in [2.45, 2.75) is 27.7 Å². The van der Waals surface area contributed by atoms with Gasteiger partial charge in [-0.05, 0) is 12.5 Å². The molecule has 0 rings (SSSR count). The molecule has 0 saturated heterocycles. The zero-order valence-electron chi connectivity index (χ0n) is 8.44. The minimum atomic E-state index is -0.0277. The summed E-state index contributed by atoms with van der Waals surface area (Å²) in [5, 5.41) is 0. The van der Waals surface area contributed by atoms with Crippen molar-refractivity contribution in [3.8, 4) is 0 Å². The standard InChI is InChI=1S/C10H18N2/c1-7(2)9(11)12-8(3)10(4,5)6/h1,3H2,2,4-6H3,(H2,11,12). The fraction of sp³-hybridized carbons (Fsp3) is 0.500. The molecule has 0 radical (unpaired) electrons. The first kappa shape index (κ1) is 11.0. The molecule has 0 aliphatic carbocycles. The molecule has 0 heterocycles. The zero-order valence-corrected chi connectivity index (χ0v) is 8.44. The van der Waals surface area contributed by atoms with Crippen LogP contribution in [0.5, 0.6) is 0 Å². The van der Waals surface area contributed by atoms with Crippen LogP contribution in [0.15, 0.2) is 29.4 Å². The van der Waals surface area contributed by atoms with Gasteiger partial charge in [0.1, 0.15) is 5.84 Å². The first-order valence-electron chi connectivity index (χ1n) is 3.94. The number of allylic oxidation sites excluding steroid dienone is 1. The van der Waals surface area contributed by atoms with Crippen LogP contribution < -0.4 is 5.73 Å². The van der Waals surface area contributed by atoms with Gasteiger partial charge in [-0.3, -0.25) is 0 Å². The normalized spacial score (nSPS) is 12.8. The molecule has 2 nitrogen and oxygen atoms in total. The van der Waals surface area contributed by atoms with E-state index in [0.29, 0.717) is 5.84 Å². The van der Waals surface area contributed by atoms with Gasteiger partial charge in [0.15, 0.2) is 0 Å². The SMILES string of the molecule is C=C(C)C(N)=NC(=C)C(C)(C)C. The Morgan fingerprint density at radius 1 is 1.25 bits per heavy atom. The summed E-state index contributed by atoms with van der Waals surface area (Å²) in [6.07, 6.45) is 0. The molecule has 0 spiro atoms. The van der Waals surface area contributed by atoms with E-state index in [0.717, 1.165) is 11.3 Å². The summed E-state index contributed by atoms with van der Waals surface area (Å²) in [5.41, 5.74) is 7.13. The number of nitrogens with two attached hydrogens (primary N) is 1. The predicted molar refractivity (Wildman–Crippen MR) is 55.0 cm³/mol. The Morgan fingerprint density at radius 3 is 1.92 bits per heavy atom. The molecule has 0 saturated carbocycles. The van der Waals surface area contributed by atoms with Gasteiger partial charge in [0.25, 0.3) is 0 Å². The second-order valence-corrected chi connectivity index (χ2v) is 3.97. The van der Waals surface area contributed by atoms with Crippen LogP contribution in [0.3, 0.4) is 0 Å². The van der Waals surface area contributed by atoms with Crippen LogP contribution >= 0.6 is 0 Å². The largest absolute Gasteiger partial charge is 0.383 e. The molecule has 0 amide bonds. The Morgan fingerprint density at radius 2 is 1.67 bits per heavy atom. The summed E-state index contributed by atoms with van der Waals surface area (Å²) in [5.74, 6) is 0.468. The summed E-state index contributed by atoms with van der Waals surface area (Å²) in [6.45, 7) is 15.5. The molecule has 12 heavy (non-hydrogen) atoms. The molecule has 0 aromatic carbocycles. The number of aliphatic imine (C=N–C) groups is 1. The molecule has 0 aliphatic rings. The summed E-state index contributed by atoms with van der Waals surface area (Å²) >= 11 is 0. The highest BCUT2D eigenvalue weighted by molar-refractivity contribution is 5.96. The summed E-state index contributed by atoms with van der Waals surface area (Å²) < 4.78 is 0. The van der Waals surface area contributed by atoms with Crippen LogP contribution in [0.4, 0.5) is 0 Å². The maximum atomic E-state index is 5.60. The zero-order chi connectivity index (χ0) is 9.94. The van der Waals surface area contributed by atoms with Gasteiger partial charge in [-0.25, -0.2) is 4.99 Å². The van der Waals surface area contributed by atoms with E-state index in [1.807, 2.05) is 27.7 Å². The summed E-state index contributed by atoms with van der Waals surface area (Å²) in [6, 6.07) is 0. The monoisotopic (exact) mass is 166 g/mol. The number of nitrogens with zero attached hydrogens (tertiary/aromatic N) is 1. The van der Waals surface area contributed by atoms with Crippen molar-refractivity contribution in [1.29, 1.82) is 0 Å². The summed E-state index contributed by atoms with van der Waals surface area (Å²) in [7, 11) is 0. The third kappa shape index (κ3) is 3.37. The highest BCUT2D eigenvalue weighted by Gasteiger charge is 2.14. The Hall–Kier alpha value is -1.05. The maximum Gasteiger partial charge on any atom is 0.125 e. The van der Waals surface area contributed by atoms with Crippen LogP contribution in [0.25, 0.3) is 0 Å². The van der Waals surface area contributed by atoms with Gasteiger partial charge in [-0.2, -0.15) is 0 Å². The van der Waals surface area contributed by atoms with Gasteiger partial charge in [-0.1, -0.05) is 33.9 Å². The van der Waals surface area contributed by atoms with Gasteiger partial charge in [0.05, 0.1) is 0 Å². The van der Waals surface area contributed by atoms with Gasteiger partial charge in [-0.15, -0.1) is 0 Å². The molecule has 0 fully saturated rings. The molecule has 68 valence electrons. The van der Waals surface area contributed by atoms with Crippen LogP contribution in [-0.4, -0.2) is 5.84 Å². The fourth-order valence-electron chi connectivity index (χ4n) is 0.409. The van der Waals surface area contributed by atoms with Crippen molar-refractivity contribution in [2.24, 2.45) is 16.1 Å². The number of amidine groups is 1. The Balaban J connectivity index is 4.57. The molecule has 0 unspecified atom stereocenters. The Labute approximate surface area is 74.9 Å². The van der Waals surface area contributed by atoms with Crippen LogP contribution in [-0.2, 0) is 0 Å². The third-order valence-corrected chi connectivity index (χ3v) is 1.56. The van der Waals surface area contributed by atoms with Crippen molar-refractivity contribution in [3.63, 3.8) is 0 Å². The molecule has 2 heteroatoms. The Bertz CT molecular complexity index is 229. The molecular weight excluding hydrogens is 148 g/mol. The number of rotatable bonds is 2. The van der Waals surface area contributed by atoms with Gasteiger partial charge >= 0.3 is 0 Å². The summed E-state index contributed by atoms with van der Waals surface area (Å²) in [4.78, 5) is 4.15. The average Bonchev–Trinajstić information content (AvgIpc) is 1.85. The molecule has 0 aliphatic heterocycles. The van der Waals surface area contributed by atoms with Crippen LogP contribution in [0.2, 0.25) is 0 Å². The molecular formula is C10H18N2. The lowest BCUT2D eigenvalue weighted by molar-refractivity contribution is 0.500. The van der Waals surface area contributed by atoms with Crippen molar-refractivity contribution >= 4 is 5.84 Å². The van der Waals surface area contributed by atoms with E-state index in [1.165, 1.54) is 0 Å². The highest BCUT2D eigenvalue weighted by Crippen LogP contribution is 2.24. The van der Waals surface area contributed by atoms with Crippen molar-refractivity contribution in [2.75, 3.05) is 0 Å². The Kier molecular flexibility index (Phi) is 3.25. The van der Waals surface area contributed by atoms with E-state index in [4.69, 9.17) is 5.73 Å².